The van der Waals surface area contributed by atoms with Crippen molar-refractivity contribution >= 4 is 17.6 Å². The lowest BCUT2D eigenvalue weighted by Crippen LogP contribution is -2.15. The minimum atomic E-state index is -0.383. The van der Waals surface area contributed by atoms with Gasteiger partial charge in [-0.3, -0.25) is 9.48 Å². The van der Waals surface area contributed by atoms with Crippen LogP contribution >= 0.6 is 0 Å². The van der Waals surface area contributed by atoms with Crippen LogP contribution in [-0.2, 0) is 11.3 Å². The Labute approximate surface area is 170 Å². The smallest absolute Gasteiger partial charge is 0.338 e. The molecule has 0 aliphatic carbocycles. The molecule has 0 fully saturated rings. The van der Waals surface area contributed by atoms with Crippen molar-refractivity contribution in [3.63, 3.8) is 0 Å². The fourth-order valence-corrected chi connectivity index (χ4v) is 3.10. The van der Waals surface area contributed by atoms with Crippen molar-refractivity contribution in [3.05, 3.63) is 82.7 Å². The average Bonchev–Trinajstić information content (AvgIpc) is 2.95. The van der Waals surface area contributed by atoms with Crippen molar-refractivity contribution in [2.75, 3.05) is 5.32 Å². The molecular formula is C23H25N3O3. The van der Waals surface area contributed by atoms with E-state index in [0.29, 0.717) is 29.1 Å². The lowest BCUT2D eigenvalue weighted by molar-refractivity contribution is 0.0378. The molecule has 1 aromatic heterocycles. The summed E-state index contributed by atoms with van der Waals surface area (Å²) in [4.78, 5) is 24.8. The molecule has 29 heavy (non-hydrogen) atoms. The van der Waals surface area contributed by atoms with E-state index in [1.807, 2.05) is 48.9 Å². The SMILES string of the molecule is Cc1nn(Cc2ccccc2)c(C)c1C(=O)Nc1ccc(C(=O)OC(C)C)cc1. The third-order valence-electron chi connectivity index (χ3n) is 4.50. The number of carbonyl (C=O) groups is 2. The molecule has 150 valence electrons. The van der Waals surface area contributed by atoms with Crippen molar-refractivity contribution in [2.45, 2.75) is 40.3 Å². The molecule has 0 bridgehead atoms. The van der Waals surface area contributed by atoms with E-state index in [1.54, 1.807) is 38.1 Å². The number of nitrogens with one attached hydrogen (secondary N) is 1. The number of aryl methyl sites for hydroxylation is 1. The highest BCUT2D eigenvalue weighted by Crippen LogP contribution is 2.18. The number of anilines is 1. The Morgan fingerprint density at radius 2 is 1.69 bits per heavy atom. The summed E-state index contributed by atoms with van der Waals surface area (Å²) >= 11 is 0. The van der Waals surface area contributed by atoms with Crippen LogP contribution in [0.25, 0.3) is 0 Å². The standard InChI is InChI=1S/C23H25N3O3/c1-15(2)29-23(28)19-10-12-20(13-11-19)24-22(27)21-16(3)25-26(17(21)4)14-18-8-6-5-7-9-18/h5-13,15H,14H2,1-4H3,(H,24,27). The van der Waals surface area contributed by atoms with E-state index < -0.39 is 0 Å². The molecule has 2 aromatic carbocycles. The van der Waals surface area contributed by atoms with Crippen LogP contribution in [0.2, 0.25) is 0 Å². The third-order valence-corrected chi connectivity index (χ3v) is 4.50. The summed E-state index contributed by atoms with van der Waals surface area (Å²) in [6.45, 7) is 7.93. The quantitative estimate of drug-likeness (QED) is 0.634. The largest absolute Gasteiger partial charge is 0.459 e. The van der Waals surface area contributed by atoms with Gasteiger partial charge < -0.3 is 10.1 Å². The Kier molecular flexibility index (Phi) is 6.12. The molecule has 0 saturated heterocycles. The first kappa shape index (κ1) is 20.3. The maximum Gasteiger partial charge on any atom is 0.338 e. The molecule has 3 aromatic rings. The van der Waals surface area contributed by atoms with Gasteiger partial charge in [-0.15, -0.1) is 0 Å². The minimum absolute atomic E-state index is 0.180. The highest BCUT2D eigenvalue weighted by atomic mass is 16.5. The first-order chi connectivity index (χ1) is 13.8. The van der Waals surface area contributed by atoms with Crippen molar-refractivity contribution in [1.29, 1.82) is 0 Å². The number of ether oxygens (including phenoxy) is 1. The molecule has 0 aliphatic heterocycles. The number of carbonyl (C=O) groups excluding carboxylic acids is 2. The van der Waals surface area contributed by atoms with Gasteiger partial charge in [0, 0.05) is 11.4 Å². The van der Waals surface area contributed by atoms with Crippen LogP contribution in [0.5, 0.6) is 0 Å². The second kappa shape index (κ2) is 8.73. The zero-order valence-corrected chi connectivity index (χ0v) is 17.1. The van der Waals surface area contributed by atoms with E-state index in [4.69, 9.17) is 4.74 Å². The Balaban J connectivity index is 1.73. The van der Waals surface area contributed by atoms with Gasteiger partial charge in [-0.25, -0.2) is 4.79 Å². The topological polar surface area (TPSA) is 73.2 Å². The molecular weight excluding hydrogens is 366 g/mol. The monoisotopic (exact) mass is 391 g/mol. The fourth-order valence-electron chi connectivity index (χ4n) is 3.10. The van der Waals surface area contributed by atoms with E-state index in [9.17, 15) is 9.59 Å². The average molecular weight is 391 g/mol. The summed E-state index contributed by atoms with van der Waals surface area (Å²) in [5.74, 6) is -0.608. The van der Waals surface area contributed by atoms with Gasteiger partial charge in [-0.2, -0.15) is 5.10 Å². The van der Waals surface area contributed by atoms with Gasteiger partial charge in [0.25, 0.3) is 5.91 Å². The van der Waals surface area contributed by atoms with Crippen molar-refractivity contribution in [3.8, 4) is 0 Å². The van der Waals surface area contributed by atoms with Gasteiger partial charge in [0.15, 0.2) is 0 Å². The van der Waals surface area contributed by atoms with Crippen LogP contribution in [-0.4, -0.2) is 27.8 Å². The Hall–Kier alpha value is -3.41. The summed E-state index contributed by atoms with van der Waals surface area (Å²) in [5, 5.41) is 7.41. The number of hydrogen-bond acceptors (Lipinski definition) is 4. The second-order valence-corrected chi connectivity index (χ2v) is 7.17. The van der Waals surface area contributed by atoms with Gasteiger partial charge in [0.1, 0.15) is 0 Å². The molecule has 1 heterocycles. The van der Waals surface area contributed by atoms with Crippen LogP contribution in [0.3, 0.4) is 0 Å². The number of nitrogens with zero attached hydrogens (tertiary/aromatic N) is 2. The van der Waals surface area contributed by atoms with Crippen LogP contribution in [0.15, 0.2) is 54.6 Å². The molecule has 1 amide bonds. The number of benzene rings is 2. The summed E-state index contributed by atoms with van der Waals surface area (Å²) in [7, 11) is 0. The number of hydrogen-bond donors (Lipinski definition) is 1. The van der Waals surface area contributed by atoms with Gasteiger partial charge in [-0.1, -0.05) is 30.3 Å². The first-order valence-corrected chi connectivity index (χ1v) is 9.55. The minimum Gasteiger partial charge on any atom is -0.459 e. The van der Waals surface area contributed by atoms with E-state index >= 15 is 0 Å². The predicted octanol–water partition coefficient (Wildman–Crippen LogP) is 4.37. The molecule has 6 heteroatoms. The fraction of sp³-hybridized carbons (Fsp3) is 0.261. The second-order valence-electron chi connectivity index (χ2n) is 7.17. The zero-order chi connectivity index (χ0) is 21.0. The highest BCUT2D eigenvalue weighted by molar-refractivity contribution is 6.06. The normalized spacial score (nSPS) is 10.8. The van der Waals surface area contributed by atoms with Crippen LogP contribution in [0.4, 0.5) is 5.69 Å². The molecule has 0 radical (unpaired) electrons. The Morgan fingerprint density at radius 1 is 1.03 bits per heavy atom. The molecule has 0 aliphatic rings. The van der Waals surface area contributed by atoms with Crippen molar-refractivity contribution < 1.29 is 14.3 Å². The molecule has 0 atom stereocenters. The molecule has 0 unspecified atom stereocenters. The Bertz CT molecular complexity index is 1010. The van der Waals surface area contributed by atoms with Crippen molar-refractivity contribution in [1.82, 2.24) is 9.78 Å². The Morgan fingerprint density at radius 3 is 2.31 bits per heavy atom. The van der Waals surface area contributed by atoms with E-state index in [-0.39, 0.29) is 18.0 Å². The summed E-state index contributed by atoms with van der Waals surface area (Å²) < 4.78 is 7.01. The van der Waals surface area contributed by atoms with E-state index in [0.717, 1.165) is 11.3 Å². The molecule has 3 rings (SSSR count). The van der Waals surface area contributed by atoms with Crippen molar-refractivity contribution in [2.24, 2.45) is 0 Å². The zero-order valence-electron chi connectivity index (χ0n) is 17.1. The summed E-state index contributed by atoms with van der Waals surface area (Å²) in [6, 6.07) is 16.6. The molecule has 0 saturated carbocycles. The molecule has 0 spiro atoms. The first-order valence-electron chi connectivity index (χ1n) is 9.55. The van der Waals surface area contributed by atoms with Gasteiger partial charge in [0.2, 0.25) is 0 Å². The van der Waals surface area contributed by atoms with Crippen LogP contribution in [0, 0.1) is 13.8 Å². The third kappa shape index (κ3) is 4.90. The van der Waals surface area contributed by atoms with Crippen LogP contribution in [0.1, 0.15) is 51.5 Å². The number of amides is 1. The van der Waals surface area contributed by atoms with Gasteiger partial charge in [-0.05, 0) is 57.5 Å². The summed E-state index contributed by atoms with van der Waals surface area (Å²) in [6.07, 6.45) is -0.180. The highest BCUT2D eigenvalue weighted by Gasteiger charge is 2.19. The van der Waals surface area contributed by atoms with Crippen LogP contribution < -0.4 is 5.32 Å². The molecule has 6 nitrogen and oxygen atoms in total. The number of rotatable bonds is 6. The maximum absolute atomic E-state index is 12.8. The summed E-state index contributed by atoms with van der Waals surface area (Å²) in [5.41, 5.74) is 4.21. The van der Waals surface area contributed by atoms with E-state index in [1.165, 1.54) is 0 Å². The number of esters is 1. The maximum atomic E-state index is 12.8. The van der Waals surface area contributed by atoms with E-state index in [2.05, 4.69) is 10.4 Å². The van der Waals surface area contributed by atoms with Gasteiger partial charge >= 0.3 is 5.97 Å². The number of aromatic nitrogens is 2. The lowest BCUT2D eigenvalue weighted by atomic mass is 10.1. The molecule has 1 N–H and O–H groups in total. The lowest BCUT2D eigenvalue weighted by Gasteiger charge is -2.09. The predicted molar refractivity (Wildman–Crippen MR) is 112 cm³/mol. The van der Waals surface area contributed by atoms with Gasteiger partial charge in [0.05, 0.1) is 29.5 Å².